The molecular formula is C31H47NO3S. The van der Waals surface area contributed by atoms with Crippen LogP contribution in [0.25, 0.3) is 0 Å². The van der Waals surface area contributed by atoms with Crippen LogP contribution in [0.5, 0.6) is 0 Å². The van der Waals surface area contributed by atoms with Gasteiger partial charge >= 0.3 is 0 Å². The number of rotatable bonds is 6. The molecule has 36 heavy (non-hydrogen) atoms. The highest BCUT2D eigenvalue weighted by Crippen LogP contribution is 2.68. The summed E-state index contributed by atoms with van der Waals surface area (Å²) in [5, 5.41) is 16.9. The van der Waals surface area contributed by atoms with E-state index in [1.807, 2.05) is 0 Å². The first-order chi connectivity index (χ1) is 17.0. The third-order valence-corrected chi connectivity index (χ3v) is 12.6. The molecule has 1 aromatic heterocycles. The molecule has 0 radical (unpaired) electrons. The Morgan fingerprint density at radius 3 is 2.58 bits per heavy atom. The van der Waals surface area contributed by atoms with Gasteiger partial charge in [0, 0.05) is 24.1 Å². The first kappa shape index (κ1) is 26.4. The molecule has 4 fully saturated rings. The lowest BCUT2D eigenvalue weighted by atomic mass is 9.44. The normalized spacial score (nSPS) is 41.8. The lowest BCUT2D eigenvalue weighted by molar-refractivity contribution is -0.169. The van der Waals surface area contributed by atoms with E-state index in [1.165, 1.54) is 30.6 Å². The van der Waals surface area contributed by atoms with Gasteiger partial charge in [0.2, 0.25) is 5.91 Å². The van der Waals surface area contributed by atoms with Gasteiger partial charge in [0.1, 0.15) is 5.78 Å². The van der Waals surface area contributed by atoms with E-state index in [0.29, 0.717) is 60.1 Å². The summed E-state index contributed by atoms with van der Waals surface area (Å²) >= 11 is 1.72. The molecule has 2 N–H and O–H groups in total. The molecule has 10 atom stereocenters. The molecule has 5 heteroatoms. The fourth-order valence-electron chi connectivity index (χ4n) is 9.69. The molecule has 4 aliphatic rings. The molecule has 4 nitrogen and oxygen atoms in total. The molecule has 0 unspecified atom stereocenters. The van der Waals surface area contributed by atoms with E-state index in [2.05, 4.69) is 57.4 Å². The SMILES string of the molecule is CC(C)[C@H](NC(=O)C[C@@H](C)[C@H]1CC[C@H]2[C@@H]3[C@H](O)C[C@@H]4CC(=O)CC[C@]4(C)[C@H]3CC[C@]12C)c1cccs1. The third-order valence-electron chi connectivity index (χ3n) is 11.6. The Hall–Kier alpha value is -1.20. The van der Waals surface area contributed by atoms with Crippen molar-refractivity contribution in [3.05, 3.63) is 22.4 Å². The van der Waals surface area contributed by atoms with Gasteiger partial charge in [0.15, 0.2) is 0 Å². The summed E-state index contributed by atoms with van der Waals surface area (Å²) in [5.74, 6) is 3.58. The fraction of sp³-hybridized carbons (Fsp3) is 0.806. The molecule has 4 saturated carbocycles. The van der Waals surface area contributed by atoms with E-state index >= 15 is 0 Å². The summed E-state index contributed by atoms with van der Waals surface area (Å²) in [5.41, 5.74) is 0.400. The number of fused-ring (bicyclic) bond motifs is 5. The predicted octanol–water partition coefficient (Wildman–Crippen LogP) is 6.79. The number of aliphatic hydroxyl groups is 1. The lowest BCUT2D eigenvalue weighted by Crippen LogP contribution is -2.58. The summed E-state index contributed by atoms with van der Waals surface area (Å²) in [4.78, 5) is 26.7. The molecule has 1 aromatic rings. The fourth-order valence-corrected chi connectivity index (χ4v) is 10.6. The highest BCUT2D eigenvalue weighted by Gasteiger charge is 2.62. The maximum absolute atomic E-state index is 13.2. The largest absolute Gasteiger partial charge is 0.393 e. The highest BCUT2D eigenvalue weighted by atomic mass is 32.1. The van der Waals surface area contributed by atoms with Crippen LogP contribution in [-0.2, 0) is 9.59 Å². The topological polar surface area (TPSA) is 66.4 Å². The Morgan fingerprint density at radius 2 is 1.89 bits per heavy atom. The quantitative estimate of drug-likeness (QED) is 0.440. The number of Topliss-reactive ketones (excluding diaryl/α,β-unsaturated/α-hetero) is 1. The number of aliphatic hydroxyl groups excluding tert-OH is 1. The van der Waals surface area contributed by atoms with Crippen molar-refractivity contribution < 1.29 is 14.7 Å². The molecule has 0 spiro atoms. The van der Waals surface area contributed by atoms with Crippen molar-refractivity contribution in [1.29, 1.82) is 0 Å². The van der Waals surface area contributed by atoms with E-state index in [9.17, 15) is 14.7 Å². The van der Waals surface area contributed by atoms with Crippen LogP contribution in [0.3, 0.4) is 0 Å². The van der Waals surface area contributed by atoms with Crippen LogP contribution in [0.4, 0.5) is 0 Å². The Morgan fingerprint density at radius 1 is 1.14 bits per heavy atom. The van der Waals surface area contributed by atoms with E-state index in [4.69, 9.17) is 0 Å². The van der Waals surface area contributed by atoms with Gasteiger partial charge in [-0.2, -0.15) is 0 Å². The van der Waals surface area contributed by atoms with Crippen molar-refractivity contribution in [2.24, 2.45) is 52.3 Å². The number of thiophene rings is 1. The number of amides is 1. The zero-order valence-electron chi connectivity index (χ0n) is 23.0. The van der Waals surface area contributed by atoms with E-state index in [-0.39, 0.29) is 28.9 Å². The number of hydrogen-bond donors (Lipinski definition) is 2. The van der Waals surface area contributed by atoms with E-state index in [0.717, 1.165) is 19.3 Å². The smallest absolute Gasteiger partial charge is 0.220 e. The number of carbonyl (C=O) groups excluding carboxylic acids is 2. The van der Waals surface area contributed by atoms with Crippen LogP contribution in [0.15, 0.2) is 17.5 Å². The second kappa shape index (κ2) is 9.84. The lowest BCUT2D eigenvalue weighted by Gasteiger charge is -2.61. The van der Waals surface area contributed by atoms with Crippen LogP contribution in [0.1, 0.15) is 103 Å². The van der Waals surface area contributed by atoms with Crippen LogP contribution in [0, 0.1) is 52.3 Å². The number of carbonyl (C=O) groups is 2. The summed E-state index contributed by atoms with van der Waals surface area (Å²) in [6.45, 7) is 11.6. The minimum Gasteiger partial charge on any atom is -0.393 e. The average molecular weight is 514 g/mol. The van der Waals surface area contributed by atoms with Gasteiger partial charge in [-0.3, -0.25) is 9.59 Å². The molecule has 5 rings (SSSR count). The second-order valence-corrected chi connectivity index (χ2v) is 14.7. The first-order valence-electron chi connectivity index (χ1n) is 14.6. The van der Waals surface area contributed by atoms with Gasteiger partial charge in [-0.15, -0.1) is 11.3 Å². The molecule has 1 heterocycles. The molecule has 0 saturated heterocycles. The predicted molar refractivity (Wildman–Crippen MR) is 145 cm³/mol. The monoisotopic (exact) mass is 513 g/mol. The van der Waals surface area contributed by atoms with Gasteiger partial charge in [0.05, 0.1) is 12.1 Å². The maximum Gasteiger partial charge on any atom is 0.220 e. The van der Waals surface area contributed by atoms with Crippen LogP contribution < -0.4 is 5.32 Å². The molecule has 0 aromatic carbocycles. The van der Waals surface area contributed by atoms with Crippen LogP contribution in [0.2, 0.25) is 0 Å². The van der Waals surface area contributed by atoms with E-state index < -0.39 is 0 Å². The summed E-state index contributed by atoms with van der Waals surface area (Å²) in [6.07, 6.45) is 8.23. The molecule has 200 valence electrons. The van der Waals surface area contributed by atoms with Gasteiger partial charge in [-0.05, 0) is 102 Å². The van der Waals surface area contributed by atoms with Crippen molar-refractivity contribution >= 4 is 23.0 Å². The zero-order valence-corrected chi connectivity index (χ0v) is 23.8. The Labute approximate surface area is 222 Å². The van der Waals surface area contributed by atoms with Crippen LogP contribution in [-0.4, -0.2) is 22.9 Å². The summed E-state index contributed by atoms with van der Waals surface area (Å²) in [7, 11) is 0. The number of hydrogen-bond acceptors (Lipinski definition) is 4. The maximum atomic E-state index is 13.2. The molecule has 0 aliphatic heterocycles. The molecular weight excluding hydrogens is 466 g/mol. The van der Waals surface area contributed by atoms with Crippen molar-refractivity contribution in [1.82, 2.24) is 5.32 Å². The zero-order chi connectivity index (χ0) is 25.8. The molecule has 4 aliphatic carbocycles. The number of nitrogens with one attached hydrogen (secondary N) is 1. The Kier molecular flexibility index (Phi) is 7.22. The van der Waals surface area contributed by atoms with Gasteiger partial charge in [-0.25, -0.2) is 0 Å². The summed E-state index contributed by atoms with van der Waals surface area (Å²) < 4.78 is 0. The highest BCUT2D eigenvalue weighted by molar-refractivity contribution is 7.10. The minimum absolute atomic E-state index is 0.0838. The third kappa shape index (κ3) is 4.40. The van der Waals surface area contributed by atoms with Crippen molar-refractivity contribution in [2.45, 2.75) is 105 Å². The Balaban J connectivity index is 1.28. The standard InChI is InChI=1S/C31H47NO3S/c1-18(2)29(26-7-6-14-36-26)32-27(35)15-19(3)22-8-9-23-28-24(11-13-31(22,23)5)30(4)12-10-21(33)16-20(30)17-25(28)34/h6-7,14,18-20,22-25,28-29,34H,8-13,15-17H2,1-5H3,(H,32,35)/t19-,20+,22-,23+,24+,25-,28+,29+,30+,31-/m1/s1. The van der Waals surface area contributed by atoms with E-state index in [1.54, 1.807) is 11.3 Å². The van der Waals surface area contributed by atoms with Crippen molar-refractivity contribution in [2.75, 3.05) is 0 Å². The number of ketones is 1. The van der Waals surface area contributed by atoms with Crippen molar-refractivity contribution in [3.63, 3.8) is 0 Å². The van der Waals surface area contributed by atoms with Crippen LogP contribution >= 0.6 is 11.3 Å². The Bertz CT molecular complexity index is 959. The molecule has 0 bridgehead atoms. The first-order valence-corrected chi connectivity index (χ1v) is 15.4. The van der Waals surface area contributed by atoms with Gasteiger partial charge in [-0.1, -0.05) is 40.7 Å². The van der Waals surface area contributed by atoms with Gasteiger partial charge in [0.25, 0.3) is 0 Å². The molecule has 1 amide bonds. The van der Waals surface area contributed by atoms with Crippen molar-refractivity contribution in [3.8, 4) is 0 Å². The second-order valence-electron chi connectivity index (χ2n) is 13.8. The van der Waals surface area contributed by atoms with Gasteiger partial charge < -0.3 is 10.4 Å². The minimum atomic E-state index is -0.279. The average Bonchev–Trinajstić information content (AvgIpc) is 3.46. The summed E-state index contributed by atoms with van der Waals surface area (Å²) in [6, 6.07) is 4.27.